The molecule has 1 heterocycles. The lowest BCUT2D eigenvalue weighted by molar-refractivity contribution is 0.0928. The average molecular weight is 252 g/mol. The van der Waals surface area contributed by atoms with Gasteiger partial charge in [-0.05, 0) is 25.6 Å². The van der Waals surface area contributed by atoms with E-state index in [0.29, 0.717) is 19.2 Å². The molecule has 1 N–H and O–H groups in total. The van der Waals surface area contributed by atoms with Crippen LogP contribution in [0.1, 0.15) is 18.9 Å². The number of benzene rings is 1. The van der Waals surface area contributed by atoms with Crippen LogP contribution in [-0.2, 0) is 11.3 Å². The number of nitrogens with one attached hydrogen (secondary N) is 1. The summed E-state index contributed by atoms with van der Waals surface area (Å²) in [5.41, 5.74) is 1.75. The summed E-state index contributed by atoms with van der Waals surface area (Å²) in [6, 6.07) is 5.66. The predicted octanol–water partition coefficient (Wildman–Crippen LogP) is 2.16. The molecular formula is C14H21FN2O. The summed E-state index contributed by atoms with van der Waals surface area (Å²) < 4.78 is 19.4. The molecule has 1 saturated heterocycles. The summed E-state index contributed by atoms with van der Waals surface area (Å²) in [5.74, 6) is -0.136. The lowest BCUT2D eigenvalue weighted by Gasteiger charge is -2.38. The minimum atomic E-state index is -0.136. The van der Waals surface area contributed by atoms with Gasteiger partial charge in [0.25, 0.3) is 0 Å². The number of rotatable bonds is 4. The number of hydrogen-bond donors (Lipinski definition) is 1. The predicted molar refractivity (Wildman–Crippen MR) is 71.4 cm³/mol. The van der Waals surface area contributed by atoms with Crippen molar-refractivity contribution in [2.24, 2.45) is 0 Å². The molecule has 1 aliphatic heterocycles. The monoisotopic (exact) mass is 252 g/mol. The minimum Gasteiger partial charge on any atom is -0.377 e. The van der Waals surface area contributed by atoms with Crippen molar-refractivity contribution in [2.75, 3.05) is 31.7 Å². The van der Waals surface area contributed by atoms with Crippen LogP contribution < -0.4 is 10.2 Å². The van der Waals surface area contributed by atoms with Gasteiger partial charge in [-0.1, -0.05) is 13.0 Å². The lowest BCUT2D eigenvalue weighted by atomic mass is 10.1. The third-order valence-corrected chi connectivity index (χ3v) is 3.46. The molecule has 100 valence electrons. The fourth-order valence-electron chi connectivity index (χ4n) is 2.48. The molecule has 3 nitrogen and oxygen atoms in total. The maximum Gasteiger partial charge on any atom is 0.129 e. The van der Waals surface area contributed by atoms with Gasteiger partial charge < -0.3 is 15.0 Å². The Balaban J connectivity index is 2.33. The van der Waals surface area contributed by atoms with E-state index in [9.17, 15) is 4.39 Å². The van der Waals surface area contributed by atoms with Crippen molar-refractivity contribution >= 4 is 5.69 Å². The number of halogens is 1. The molecule has 0 aliphatic carbocycles. The third-order valence-electron chi connectivity index (χ3n) is 3.46. The van der Waals surface area contributed by atoms with E-state index in [1.165, 1.54) is 6.07 Å². The van der Waals surface area contributed by atoms with Crippen LogP contribution in [0.15, 0.2) is 18.2 Å². The zero-order chi connectivity index (χ0) is 13.0. The van der Waals surface area contributed by atoms with Crippen LogP contribution in [0.4, 0.5) is 10.1 Å². The van der Waals surface area contributed by atoms with E-state index >= 15 is 0 Å². The van der Waals surface area contributed by atoms with Crippen molar-refractivity contribution in [3.63, 3.8) is 0 Å². The smallest absolute Gasteiger partial charge is 0.129 e. The largest absolute Gasteiger partial charge is 0.377 e. The molecular weight excluding hydrogens is 231 g/mol. The third kappa shape index (κ3) is 2.65. The highest BCUT2D eigenvalue weighted by atomic mass is 19.1. The Morgan fingerprint density at radius 1 is 1.50 bits per heavy atom. The summed E-state index contributed by atoms with van der Waals surface area (Å²) in [7, 11) is 1.84. The van der Waals surface area contributed by atoms with E-state index in [-0.39, 0.29) is 5.82 Å². The maximum absolute atomic E-state index is 13.9. The SMILES string of the molecule is CCC1COCCN1c1cccc(F)c1CNC. The van der Waals surface area contributed by atoms with E-state index in [0.717, 1.165) is 30.8 Å². The Bertz CT molecular complexity index is 397. The molecule has 18 heavy (non-hydrogen) atoms. The summed E-state index contributed by atoms with van der Waals surface area (Å²) in [6.45, 7) is 4.97. The molecule has 4 heteroatoms. The fraction of sp³-hybridized carbons (Fsp3) is 0.571. The van der Waals surface area contributed by atoms with Gasteiger partial charge in [0.2, 0.25) is 0 Å². The molecule has 0 aromatic heterocycles. The van der Waals surface area contributed by atoms with Gasteiger partial charge >= 0.3 is 0 Å². The first-order chi connectivity index (χ1) is 8.77. The van der Waals surface area contributed by atoms with E-state index < -0.39 is 0 Å². The van der Waals surface area contributed by atoms with Crippen molar-refractivity contribution < 1.29 is 9.13 Å². The number of nitrogens with zero attached hydrogens (tertiary/aromatic N) is 1. The number of ether oxygens (including phenoxy) is 1. The Labute approximate surface area is 108 Å². The molecule has 1 aliphatic rings. The highest BCUT2D eigenvalue weighted by molar-refractivity contribution is 5.55. The van der Waals surface area contributed by atoms with Crippen molar-refractivity contribution in [3.05, 3.63) is 29.6 Å². The fourth-order valence-corrected chi connectivity index (χ4v) is 2.48. The van der Waals surface area contributed by atoms with E-state index in [2.05, 4.69) is 17.1 Å². The average Bonchev–Trinajstić information content (AvgIpc) is 2.41. The second-order valence-corrected chi connectivity index (χ2v) is 4.60. The summed E-state index contributed by atoms with van der Waals surface area (Å²) >= 11 is 0. The molecule has 1 aromatic rings. The summed E-state index contributed by atoms with van der Waals surface area (Å²) in [5, 5.41) is 3.04. The van der Waals surface area contributed by atoms with Gasteiger partial charge in [0.15, 0.2) is 0 Å². The second-order valence-electron chi connectivity index (χ2n) is 4.60. The van der Waals surface area contributed by atoms with E-state index in [1.54, 1.807) is 6.07 Å². The first-order valence-corrected chi connectivity index (χ1v) is 6.54. The highest BCUT2D eigenvalue weighted by Crippen LogP contribution is 2.27. The van der Waals surface area contributed by atoms with Crippen LogP contribution in [0.3, 0.4) is 0 Å². The van der Waals surface area contributed by atoms with Crippen LogP contribution in [0, 0.1) is 5.82 Å². The van der Waals surface area contributed by atoms with Crippen LogP contribution in [-0.4, -0.2) is 32.8 Å². The normalized spacial score (nSPS) is 20.2. The lowest BCUT2D eigenvalue weighted by Crippen LogP contribution is -2.45. The molecule has 1 fully saturated rings. The van der Waals surface area contributed by atoms with Gasteiger partial charge in [0.1, 0.15) is 5.82 Å². The molecule has 0 saturated carbocycles. The number of anilines is 1. The summed E-state index contributed by atoms with van der Waals surface area (Å²) in [4.78, 5) is 2.28. The van der Waals surface area contributed by atoms with Crippen molar-refractivity contribution in [1.82, 2.24) is 5.32 Å². The number of hydrogen-bond acceptors (Lipinski definition) is 3. The minimum absolute atomic E-state index is 0.136. The molecule has 0 bridgehead atoms. The zero-order valence-electron chi connectivity index (χ0n) is 11.1. The van der Waals surface area contributed by atoms with Crippen LogP contribution in [0.2, 0.25) is 0 Å². The topological polar surface area (TPSA) is 24.5 Å². The van der Waals surface area contributed by atoms with E-state index in [1.807, 2.05) is 13.1 Å². The molecule has 2 rings (SSSR count). The summed E-state index contributed by atoms with van der Waals surface area (Å²) in [6.07, 6.45) is 1.01. The van der Waals surface area contributed by atoms with Crippen LogP contribution in [0.25, 0.3) is 0 Å². The van der Waals surface area contributed by atoms with Crippen molar-refractivity contribution in [2.45, 2.75) is 25.9 Å². The second kappa shape index (κ2) is 6.16. The highest BCUT2D eigenvalue weighted by Gasteiger charge is 2.24. The van der Waals surface area contributed by atoms with Crippen molar-refractivity contribution in [1.29, 1.82) is 0 Å². The molecule has 1 aromatic carbocycles. The Hall–Kier alpha value is -1.13. The number of morpholine rings is 1. The van der Waals surface area contributed by atoms with Crippen molar-refractivity contribution in [3.8, 4) is 0 Å². The van der Waals surface area contributed by atoms with E-state index in [4.69, 9.17) is 4.74 Å². The van der Waals surface area contributed by atoms with Crippen LogP contribution >= 0.6 is 0 Å². The van der Waals surface area contributed by atoms with Gasteiger partial charge in [-0.25, -0.2) is 4.39 Å². The molecule has 0 amide bonds. The first-order valence-electron chi connectivity index (χ1n) is 6.54. The standard InChI is InChI=1S/C14H21FN2O/c1-3-11-10-18-8-7-17(11)14-6-4-5-13(15)12(14)9-16-2/h4-6,11,16H,3,7-10H2,1-2H3. The zero-order valence-corrected chi connectivity index (χ0v) is 11.1. The Kier molecular flexibility index (Phi) is 4.55. The molecule has 0 radical (unpaired) electrons. The Morgan fingerprint density at radius 3 is 3.06 bits per heavy atom. The maximum atomic E-state index is 13.9. The molecule has 0 spiro atoms. The van der Waals surface area contributed by atoms with Crippen LogP contribution in [0.5, 0.6) is 0 Å². The molecule has 1 unspecified atom stereocenters. The first kappa shape index (κ1) is 13.3. The van der Waals surface area contributed by atoms with Gasteiger partial charge in [-0.15, -0.1) is 0 Å². The van der Waals surface area contributed by atoms with Gasteiger partial charge in [-0.3, -0.25) is 0 Å². The van der Waals surface area contributed by atoms with Gasteiger partial charge in [0.05, 0.1) is 19.3 Å². The molecule has 1 atom stereocenters. The Morgan fingerprint density at radius 2 is 2.33 bits per heavy atom. The quantitative estimate of drug-likeness (QED) is 0.888. The van der Waals surface area contributed by atoms with Gasteiger partial charge in [-0.2, -0.15) is 0 Å². The van der Waals surface area contributed by atoms with Gasteiger partial charge in [0, 0.05) is 24.3 Å².